The number of nitrogens with zero attached hydrogens (tertiary/aromatic N) is 2. The van der Waals surface area contributed by atoms with E-state index in [1.807, 2.05) is 29.2 Å². The number of amides is 1. The number of carbonyl (C=O) groups excluding carboxylic acids is 1. The second-order valence-corrected chi connectivity index (χ2v) is 6.75. The van der Waals surface area contributed by atoms with E-state index in [2.05, 4.69) is 22.4 Å². The quantitative estimate of drug-likeness (QED) is 0.832. The molecule has 1 fully saturated rings. The number of benzene rings is 1. The molecule has 1 amide bonds. The largest absolute Gasteiger partial charge is 0.383 e. The standard InChI is InChI=1S/C21H27N3O2/c1-26-13-12-24(16-17-4-2-10-22-14-17)21(25)19-8-6-18(7-9-19)20-5-3-11-23-15-20/h2,4,6-10,14,20,23H,3,5,11-13,15-16H2,1H3. The van der Waals surface area contributed by atoms with Crippen LogP contribution in [0.1, 0.15) is 40.2 Å². The SMILES string of the molecule is COCCN(Cc1cccnc1)C(=O)c1ccc(C2CCCNC2)cc1. The maximum Gasteiger partial charge on any atom is 0.254 e. The van der Waals surface area contributed by atoms with Gasteiger partial charge in [0.15, 0.2) is 0 Å². The number of nitrogens with one attached hydrogen (secondary N) is 1. The number of methoxy groups -OCH3 is 1. The third kappa shape index (κ3) is 4.90. The van der Waals surface area contributed by atoms with Gasteiger partial charge in [-0.05, 0) is 54.6 Å². The van der Waals surface area contributed by atoms with Crippen molar-refractivity contribution in [2.24, 2.45) is 0 Å². The lowest BCUT2D eigenvalue weighted by Gasteiger charge is -2.24. The lowest BCUT2D eigenvalue weighted by Crippen LogP contribution is -2.33. The molecular weight excluding hydrogens is 326 g/mol. The van der Waals surface area contributed by atoms with Crippen LogP contribution in [-0.4, -0.2) is 49.1 Å². The molecule has 2 aromatic rings. The van der Waals surface area contributed by atoms with Crippen molar-refractivity contribution in [1.82, 2.24) is 15.2 Å². The van der Waals surface area contributed by atoms with E-state index in [4.69, 9.17) is 4.74 Å². The van der Waals surface area contributed by atoms with Gasteiger partial charge in [-0.3, -0.25) is 9.78 Å². The van der Waals surface area contributed by atoms with Gasteiger partial charge in [0, 0.05) is 44.7 Å². The van der Waals surface area contributed by atoms with Crippen LogP contribution in [0.15, 0.2) is 48.8 Å². The molecule has 0 bridgehead atoms. The molecule has 2 heterocycles. The first-order chi connectivity index (χ1) is 12.8. The van der Waals surface area contributed by atoms with Crippen molar-refractivity contribution in [3.05, 3.63) is 65.5 Å². The van der Waals surface area contributed by atoms with Crippen LogP contribution in [0, 0.1) is 0 Å². The summed E-state index contributed by atoms with van der Waals surface area (Å²) in [5, 5.41) is 3.44. The van der Waals surface area contributed by atoms with Crippen LogP contribution in [0.25, 0.3) is 0 Å². The monoisotopic (exact) mass is 353 g/mol. The summed E-state index contributed by atoms with van der Waals surface area (Å²) < 4.78 is 5.18. The normalized spacial score (nSPS) is 17.0. The van der Waals surface area contributed by atoms with Crippen molar-refractivity contribution in [2.45, 2.75) is 25.3 Å². The Labute approximate surface area is 155 Å². The molecular formula is C21H27N3O2. The van der Waals surface area contributed by atoms with Gasteiger partial charge in [-0.25, -0.2) is 0 Å². The van der Waals surface area contributed by atoms with Gasteiger partial charge in [-0.1, -0.05) is 18.2 Å². The summed E-state index contributed by atoms with van der Waals surface area (Å²) in [5.74, 6) is 0.576. The number of piperidine rings is 1. The minimum atomic E-state index is 0.0271. The van der Waals surface area contributed by atoms with Gasteiger partial charge in [0.1, 0.15) is 0 Å². The van der Waals surface area contributed by atoms with E-state index in [1.165, 1.54) is 18.4 Å². The maximum atomic E-state index is 13.0. The van der Waals surface area contributed by atoms with Crippen LogP contribution in [-0.2, 0) is 11.3 Å². The highest BCUT2D eigenvalue weighted by Gasteiger charge is 2.18. The molecule has 1 aromatic carbocycles. The smallest absolute Gasteiger partial charge is 0.254 e. The summed E-state index contributed by atoms with van der Waals surface area (Å²) in [4.78, 5) is 18.9. The van der Waals surface area contributed by atoms with Gasteiger partial charge in [0.2, 0.25) is 0 Å². The second-order valence-electron chi connectivity index (χ2n) is 6.75. The molecule has 0 spiro atoms. The molecule has 26 heavy (non-hydrogen) atoms. The van der Waals surface area contributed by atoms with Gasteiger partial charge >= 0.3 is 0 Å². The number of hydrogen-bond acceptors (Lipinski definition) is 4. The molecule has 1 unspecified atom stereocenters. The van der Waals surface area contributed by atoms with Crippen molar-refractivity contribution in [3.8, 4) is 0 Å². The zero-order valence-corrected chi connectivity index (χ0v) is 15.4. The first kappa shape index (κ1) is 18.5. The molecule has 1 saturated heterocycles. The van der Waals surface area contributed by atoms with E-state index in [0.717, 1.165) is 24.2 Å². The molecule has 5 nitrogen and oxygen atoms in total. The molecule has 1 atom stereocenters. The Kier molecular flexibility index (Phi) is 6.75. The van der Waals surface area contributed by atoms with E-state index in [-0.39, 0.29) is 5.91 Å². The first-order valence-electron chi connectivity index (χ1n) is 9.25. The molecule has 3 rings (SSSR count). The second kappa shape index (κ2) is 9.46. The number of ether oxygens (including phenoxy) is 1. The highest BCUT2D eigenvalue weighted by Crippen LogP contribution is 2.23. The average Bonchev–Trinajstić information content (AvgIpc) is 2.72. The highest BCUT2D eigenvalue weighted by atomic mass is 16.5. The predicted molar refractivity (Wildman–Crippen MR) is 102 cm³/mol. The Hall–Kier alpha value is -2.24. The zero-order valence-electron chi connectivity index (χ0n) is 15.4. The topological polar surface area (TPSA) is 54.5 Å². The molecule has 0 saturated carbocycles. The van der Waals surface area contributed by atoms with E-state index in [0.29, 0.717) is 25.6 Å². The third-order valence-electron chi connectivity index (χ3n) is 4.87. The Morgan fingerprint density at radius 2 is 2.15 bits per heavy atom. The van der Waals surface area contributed by atoms with Crippen molar-refractivity contribution < 1.29 is 9.53 Å². The minimum Gasteiger partial charge on any atom is -0.383 e. The molecule has 0 radical (unpaired) electrons. The Morgan fingerprint density at radius 3 is 2.81 bits per heavy atom. The number of carbonyl (C=O) groups is 1. The third-order valence-corrected chi connectivity index (χ3v) is 4.87. The summed E-state index contributed by atoms with van der Waals surface area (Å²) >= 11 is 0. The number of rotatable bonds is 7. The van der Waals surface area contributed by atoms with Crippen LogP contribution >= 0.6 is 0 Å². The van der Waals surface area contributed by atoms with Crippen molar-refractivity contribution in [1.29, 1.82) is 0 Å². The van der Waals surface area contributed by atoms with Gasteiger partial charge in [0.25, 0.3) is 5.91 Å². The molecule has 1 aromatic heterocycles. The van der Waals surface area contributed by atoms with Crippen molar-refractivity contribution in [2.75, 3.05) is 33.4 Å². The molecule has 138 valence electrons. The Bertz CT molecular complexity index is 682. The van der Waals surface area contributed by atoms with Gasteiger partial charge in [0.05, 0.1) is 6.61 Å². The fraction of sp³-hybridized carbons (Fsp3) is 0.429. The highest BCUT2D eigenvalue weighted by molar-refractivity contribution is 5.94. The molecule has 1 aliphatic heterocycles. The Morgan fingerprint density at radius 1 is 1.31 bits per heavy atom. The molecule has 0 aliphatic carbocycles. The summed E-state index contributed by atoms with van der Waals surface area (Å²) in [6.07, 6.45) is 5.96. The van der Waals surface area contributed by atoms with Crippen molar-refractivity contribution >= 4 is 5.91 Å². The van der Waals surface area contributed by atoms with E-state index >= 15 is 0 Å². The first-order valence-corrected chi connectivity index (χ1v) is 9.25. The minimum absolute atomic E-state index is 0.0271. The maximum absolute atomic E-state index is 13.0. The number of pyridine rings is 1. The average molecular weight is 353 g/mol. The fourth-order valence-electron chi connectivity index (χ4n) is 3.38. The number of aromatic nitrogens is 1. The van der Waals surface area contributed by atoms with Crippen LogP contribution in [0.2, 0.25) is 0 Å². The van der Waals surface area contributed by atoms with E-state index in [1.54, 1.807) is 19.5 Å². The molecule has 5 heteroatoms. The van der Waals surface area contributed by atoms with Crippen LogP contribution in [0.5, 0.6) is 0 Å². The lowest BCUT2D eigenvalue weighted by molar-refractivity contribution is 0.0680. The number of hydrogen-bond donors (Lipinski definition) is 1. The summed E-state index contributed by atoms with van der Waals surface area (Å²) in [6, 6.07) is 12.0. The van der Waals surface area contributed by atoms with E-state index in [9.17, 15) is 4.79 Å². The van der Waals surface area contributed by atoms with Crippen LogP contribution < -0.4 is 5.32 Å². The van der Waals surface area contributed by atoms with Crippen LogP contribution in [0.4, 0.5) is 0 Å². The van der Waals surface area contributed by atoms with Crippen molar-refractivity contribution in [3.63, 3.8) is 0 Å². The summed E-state index contributed by atoms with van der Waals surface area (Å²) in [5.41, 5.74) is 3.05. The lowest BCUT2D eigenvalue weighted by atomic mass is 9.91. The molecule has 1 N–H and O–H groups in total. The zero-order chi connectivity index (χ0) is 18.2. The summed E-state index contributed by atoms with van der Waals surface area (Å²) in [6.45, 7) is 3.73. The molecule has 1 aliphatic rings. The predicted octanol–water partition coefficient (Wildman–Crippen LogP) is 2.84. The summed E-state index contributed by atoms with van der Waals surface area (Å²) in [7, 11) is 1.65. The van der Waals surface area contributed by atoms with Gasteiger partial charge < -0.3 is 15.0 Å². The van der Waals surface area contributed by atoms with Gasteiger partial charge in [-0.2, -0.15) is 0 Å². The van der Waals surface area contributed by atoms with Gasteiger partial charge in [-0.15, -0.1) is 0 Å². The Balaban J connectivity index is 1.70. The fourth-order valence-corrected chi connectivity index (χ4v) is 3.38. The van der Waals surface area contributed by atoms with E-state index < -0.39 is 0 Å². The van der Waals surface area contributed by atoms with Crippen LogP contribution in [0.3, 0.4) is 0 Å².